The Labute approximate surface area is 179 Å². The lowest BCUT2D eigenvalue weighted by Crippen LogP contribution is -2.54. The Hall–Kier alpha value is -1.97. The molecule has 0 radical (unpaired) electrons. The van der Waals surface area contributed by atoms with Gasteiger partial charge in [0.25, 0.3) is 5.91 Å². The Morgan fingerprint density at radius 1 is 1.30 bits per heavy atom. The van der Waals surface area contributed by atoms with Gasteiger partial charge in [0, 0.05) is 38.9 Å². The Kier molecular flexibility index (Phi) is 8.81. The van der Waals surface area contributed by atoms with Crippen molar-refractivity contribution in [3.8, 4) is 0 Å². The van der Waals surface area contributed by atoms with E-state index in [-0.39, 0.29) is 5.91 Å². The first-order valence-corrected chi connectivity index (χ1v) is 10.9. The number of aryl methyl sites for hydroxylation is 1. The molecule has 30 heavy (non-hydrogen) atoms. The Balaban J connectivity index is 0.000000216. The molecule has 9 heteroatoms. The molecule has 1 aromatic rings. The number of carbonyl (C=O) groups excluding carboxylic acids is 2. The van der Waals surface area contributed by atoms with Crippen molar-refractivity contribution in [2.45, 2.75) is 64.2 Å². The highest BCUT2D eigenvalue weighted by molar-refractivity contribution is 5.85. The second-order valence-corrected chi connectivity index (χ2v) is 8.37. The number of aliphatic hydroxyl groups is 2. The fourth-order valence-corrected chi connectivity index (χ4v) is 3.98. The fourth-order valence-electron chi connectivity index (χ4n) is 3.98. The summed E-state index contributed by atoms with van der Waals surface area (Å²) in [6.45, 7) is 10.3. The minimum atomic E-state index is -1.14. The van der Waals surface area contributed by atoms with Crippen molar-refractivity contribution in [3.05, 3.63) is 18.2 Å². The van der Waals surface area contributed by atoms with Crippen LogP contribution in [0, 0.1) is 6.92 Å². The molecule has 3 heterocycles. The van der Waals surface area contributed by atoms with Crippen LogP contribution in [0.5, 0.6) is 0 Å². The first-order chi connectivity index (χ1) is 14.2. The zero-order chi connectivity index (χ0) is 22.2. The molecule has 0 spiro atoms. The number of hydrogen-bond acceptors (Lipinski definition) is 6. The molecule has 3 rings (SSSR count). The molecule has 2 fully saturated rings. The van der Waals surface area contributed by atoms with E-state index in [1.165, 1.54) is 0 Å². The summed E-state index contributed by atoms with van der Waals surface area (Å²) >= 11 is 0. The van der Waals surface area contributed by atoms with Gasteiger partial charge < -0.3 is 29.9 Å². The van der Waals surface area contributed by atoms with Gasteiger partial charge in [-0.15, -0.1) is 0 Å². The lowest BCUT2D eigenvalue weighted by Gasteiger charge is -2.37. The van der Waals surface area contributed by atoms with Gasteiger partial charge in [-0.25, -0.2) is 4.98 Å². The SMILES string of the molecule is CCC(O)(CC)C(=O)N1CCNCC1.Cc1cn(CC2(O)CCCN(C=O)C2)cn1. The van der Waals surface area contributed by atoms with Gasteiger partial charge in [0.15, 0.2) is 0 Å². The van der Waals surface area contributed by atoms with Gasteiger partial charge in [-0.1, -0.05) is 13.8 Å². The Bertz CT molecular complexity index is 685. The highest BCUT2D eigenvalue weighted by Gasteiger charge is 2.36. The third-order valence-electron chi connectivity index (χ3n) is 5.95. The van der Waals surface area contributed by atoms with Gasteiger partial charge in [0.05, 0.1) is 25.1 Å². The number of nitrogens with one attached hydrogen (secondary N) is 1. The van der Waals surface area contributed by atoms with Crippen molar-refractivity contribution in [1.29, 1.82) is 0 Å². The summed E-state index contributed by atoms with van der Waals surface area (Å²) in [4.78, 5) is 30.1. The number of β-amino-alcohol motifs (C(OH)–C–C–N with tert-alkyl or cyclic N) is 1. The van der Waals surface area contributed by atoms with Gasteiger partial charge in [-0.3, -0.25) is 9.59 Å². The summed E-state index contributed by atoms with van der Waals surface area (Å²) in [5.41, 5.74) is -1.02. The zero-order valence-corrected chi connectivity index (χ0v) is 18.5. The molecule has 1 aromatic heterocycles. The van der Waals surface area contributed by atoms with Crippen LogP contribution >= 0.6 is 0 Å². The predicted octanol–water partition coefficient (Wildman–Crippen LogP) is 0.144. The molecule has 0 aromatic carbocycles. The van der Waals surface area contributed by atoms with Crippen LogP contribution in [0.15, 0.2) is 12.5 Å². The third-order valence-corrected chi connectivity index (χ3v) is 5.95. The summed E-state index contributed by atoms with van der Waals surface area (Å²) in [7, 11) is 0. The lowest BCUT2D eigenvalue weighted by molar-refractivity contribution is -0.152. The minimum Gasteiger partial charge on any atom is -0.386 e. The van der Waals surface area contributed by atoms with Crippen molar-refractivity contribution in [2.75, 3.05) is 39.3 Å². The molecule has 0 bridgehead atoms. The maximum atomic E-state index is 11.9. The van der Waals surface area contributed by atoms with Crippen molar-refractivity contribution in [1.82, 2.24) is 24.7 Å². The van der Waals surface area contributed by atoms with Crippen LogP contribution < -0.4 is 5.32 Å². The highest BCUT2D eigenvalue weighted by Crippen LogP contribution is 2.22. The molecule has 2 amide bonds. The van der Waals surface area contributed by atoms with Crippen LogP contribution in [0.2, 0.25) is 0 Å². The molecule has 9 nitrogen and oxygen atoms in total. The van der Waals surface area contributed by atoms with Crippen LogP contribution in [-0.2, 0) is 16.1 Å². The quantitative estimate of drug-likeness (QED) is 0.562. The number of imidazole rings is 1. The molecule has 170 valence electrons. The van der Waals surface area contributed by atoms with Crippen molar-refractivity contribution < 1.29 is 19.8 Å². The molecule has 1 atom stereocenters. The van der Waals surface area contributed by atoms with E-state index in [0.29, 0.717) is 39.0 Å². The molecule has 0 aliphatic carbocycles. The summed E-state index contributed by atoms with van der Waals surface area (Å²) in [5.74, 6) is -0.107. The van der Waals surface area contributed by atoms with Crippen LogP contribution in [0.4, 0.5) is 0 Å². The largest absolute Gasteiger partial charge is 0.386 e. The molecule has 2 aliphatic rings. The van der Waals surface area contributed by atoms with E-state index in [0.717, 1.165) is 44.6 Å². The molecular formula is C21H37N5O4. The molecule has 2 aliphatic heterocycles. The van der Waals surface area contributed by atoms with E-state index in [2.05, 4.69) is 10.3 Å². The van der Waals surface area contributed by atoms with Gasteiger partial charge >= 0.3 is 0 Å². The molecule has 0 saturated carbocycles. The smallest absolute Gasteiger partial charge is 0.254 e. The molecule has 3 N–H and O–H groups in total. The van der Waals surface area contributed by atoms with Crippen LogP contribution in [-0.4, -0.2) is 92.4 Å². The topological polar surface area (TPSA) is 111 Å². The third kappa shape index (κ3) is 6.52. The number of carbonyl (C=O) groups is 2. The van der Waals surface area contributed by atoms with E-state index in [4.69, 9.17) is 0 Å². The maximum Gasteiger partial charge on any atom is 0.254 e. The number of nitrogens with zero attached hydrogens (tertiary/aromatic N) is 4. The first kappa shape index (κ1) is 24.3. The first-order valence-electron chi connectivity index (χ1n) is 10.9. The Morgan fingerprint density at radius 3 is 2.50 bits per heavy atom. The highest BCUT2D eigenvalue weighted by atomic mass is 16.3. The van der Waals surface area contributed by atoms with Gasteiger partial charge in [0.2, 0.25) is 6.41 Å². The summed E-state index contributed by atoms with van der Waals surface area (Å²) in [5, 5.41) is 23.6. The van der Waals surface area contributed by atoms with Gasteiger partial charge in [0.1, 0.15) is 11.2 Å². The minimum absolute atomic E-state index is 0.107. The molecular weight excluding hydrogens is 386 g/mol. The zero-order valence-electron chi connectivity index (χ0n) is 18.5. The number of piperidine rings is 1. The number of aromatic nitrogens is 2. The standard InChI is InChI=1S/C11H17N3O2.C10H20N2O2/c1-10-5-14(8-12-10)7-11(16)3-2-4-13(6-11)9-15;1-3-10(14,4-2)9(13)12-7-5-11-6-8-12/h5,8-9,16H,2-4,6-7H2,1H3;11,14H,3-8H2,1-2H3. The maximum absolute atomic E-state index is 11.9. The predicted molar refractivity (Wildman–Crippen MR) is 114 cm³/mol. The van der Waals surface area contributed by atoms with E-state index >= 15 is 0 Å². The average Bonchev–Trinajstić information content (AvgIpc) is 3.17. The van der Waals surface area contributed by atoms with Crippen LogP contribution in [0.1, 0.15) is 45.2 Å². The van der Waals surface area contributed by atoms with Gasteiger partial charge in [-0.2, -0.15) is 0 Å². The number of rotatable bonds is 6. The van der Waals surface area contributed by atoms with Crippen LogP contribution in [0.3, 0.4) is 0 Å². The van der Waals surface area contributed by atoms with Crippen molar-refractivity contribution in [3.63, 3.8) is 0 Å². The summed E-state index contributed by atoms with van der Waals surface area (Å²) in [6, 6.07) is 0. The van der Waals surface area contributed by atoms with E-state index in [9.17, 15) is 19.8 Å². The van der Waals surface area contributed by atoms with Crippen molar-refractivity contribution >= 4 is 12.3 Å². The normalized spacial score (nSPS) is 22.3. The number of amides is 2. The van der Waals surface area contributed by atoms with E-state index < -0.39 is 11.2 Å². The monoisotopic (exact) mass is 423 g/mol. The van der Waals surface area contributed by atoms with E-state index in [1.54, 1.807) is 16.1 Å². The summed E-state index contributed by atoms with van der Waals surface area (Å²) < 4.78 is 1.88. The summed E-state index contributed by atoms with van der Waals surface area (Å²) in [6.07, 6.45) is 6.99. The second kappa shape index (κ2) is 10.9. The van der Waals surface area contributed by atoms with Crippen LogP contribution in [0.25, 0.3) is 0 Å². The average molecular weight is 424 g/mol. The number of piperazine rings is 1. The fraction of sp³-hybridized carbons (Fsp3) is 0.762. The van der Waals surface area contributed by atoms with Crippen molar-refractivity contribution in [2.24, 2.45) is 0 Å². The molecule has 1 unspecified atom stereocenters. The molecule has 2 saturated heterocycles. The Morgan fingerprint density at radius 2 is 1.97 bits per heavy atom. The number of hydrogen-bond donors (Lipinski definition) is 3. The van der Waals surface area contributed by atoms with E-state index in [1.807, 2.05) is 31.5 Å². The van der Waals surface area contributed by atoms with Gasteiger partial charge in [-0.05, 0) is 32.6 Å². The number of likely N-dealkylation sites (tertiary alicyclic amines) is 1. The lowest BCUT2D eigenvalue weighted by atomic mass is 9.93. The second-order valence-electron chi connectivity index (χ2n) is 8.37.